The van der Waals surface area contributed by atoms with Gasteiger partial charge in [0, 0.05) is 6.04 Å². The predicted octanol–water partition coefficient (Wildman–Crippen LogP) is 3.56. The van der Waals surface area contributed by atoms with Gasteiger partial charge in [-0.2, -0.15) is 0 Å². The fourth-order valence-corrected chi connectivity index (χ4v) is 3.21. The van der Waals surface area contributed by atoms with Gasteiger partial charge < -0.3 is 10.3 Å². The summed E-state index contributed by atoms with van der Waals surface area (Å²) in [6.07, 6.45) is 4.86. The number of nitrogens with two attached hydrogens (primary N) is 1. The first-order chi connectivity index (χ1) is 10.1. The summed E-state index contributed by atoms with van der Waals surface area (Å²) in [6, 6.07) is 10.4. The number of fused-ring (bicyclic) bond motifs is 1. The molecule has 1 aromatic heterocycles. The molecule has 3 rings (SSSR count). The van der Waals surface area contributed by atoms with Crippen LogP contribution in [0.4, 0.5) is 5.69 Å². The molecular weight excluding hydrogens is 260 g/mol. The number of pyridine rings is 1. The molecule has 0 unspecified atom stereocenters. The maximum absolute atomic E-state index is 12.3. The molecule has 0 amide bonds. The first-order valence-corrected chi connectivity index (χ1v) is 7.71. The van der Waals surface area contributed by atoms with E-state index in [4.69, 9.17) is 5.73 Å². The molecule has 0 radical (unpaired) electrons. The third-order valence-corrected chi connectivity index (χ3v) is 4.31. The summed E-state index contributed by atoms with van der Waals surface area (Å²) in [4.78, 5) is 12.3. The van der Waals surface area contributed by atoms with Gasteiger partial charge in [0.2, 0.25) is 0 Å². The van der Waals surface area contributed by atoms with E-state index in [9.17, 15) is 4.79 Å². The minimum atomic E-state index is -0.0970. The molecule has 0 fully saturated rings. The Hall–Kier alpha value is -2.03. The Labute approximate surface area is 125 Å². The fraction of sp³-hybridized carbons (Fsp3) is 0.389. The second-order valence-corrected chi connectivity index (χ2v) is 6.13. The lowest BCUT2D eigenvalue weighted by Gasteiger charge is -2.20. The molecule has 21 heavy (non-hydrogen) atoms. The molecule has 0 aliphatic heterocycles. The van der Waals surface area contributed by atoms with E-state index < -0.39 is 0 Å². The normalized spacial score (nSPS) is 14.2. The highest BCUT2D eigenvalue weighted by Crippen LogP contribution is 2.28. The van der Waals surface area contributed by atoms with E-state index in [2.05, 4.69) is 18.2 Å². The van der Waals surface area contributed by atoms with Crippen LogP contribution in [-0.4, -0.2) is 4.57 Å². The second kappa shape index (κ2) is 5.40. The Morgan fingerprint density at radius 3 is 2.48 bits per heavy atom. The van der Waals surface area contributed by atoms with Crippen LogP contribution in [0, 0.1) is 0 Å². The molecule has 1 aromatic carbocycles. The molecule has 1 aliphatic carbocycles. The van der Waals surface area contributed by atoms with Gasteiger partial charge in [-0.05, 0) is 74.4 Å². The van der Waals surface area contributed by atoms with Gasteiger partial charge in [-0.15, -0.1) is 0 Å². The third-order valence-electron chi connectivity index (χ3n) is 4.31. The van der Waals surface area contributed by atoms with Crippen LogP contribution in [0.2, 0.25) is 0 Å². The van der Waals surface area contributed by atoms with Crippen LogP contribution < -0.4 is 11.3 Å². The van der Waals surface area contributed by atoms with Gasteiger partial charge in [0.05, 0.1) is 11.4 Å². The molecule has 0 saturated heterocycles. The lowest BCUT2D eigenvalue weighted by Crippen LogP contribution is -2.25. The number of nitrogen functional groups attached to an aromatic ring is 1. The van der Waals surface area contributed by atoms with E-state index in [1.54, 1.807) is 10.6 Å². The zero-order valence-corrected chi connectivity index (χ0v) is 12.7. The van der Waals surface area contributed by atoms with Crippen LogP contribution in [-0.2, 0) is 12.8 Å². The highest BCUT2D eigenvalue weighted by atomic mass is 16.1. The topological polar surface area (TPSA) is 48.0 Å². The average molecular weight is 282 g/mol. The molecular formula is C18H22N2O. The predicted molar refractivity (Wildman–Crippen MR) is 87.6 cm³/mol. The van der Waals surface area contributed by atoms with Gasteiger partial charge in [0.15, 0.2) is 0 Å². The summed E-state index contributed by atoms with van der Waals surface area (Å²) in [6.45, 7) is 4.03. The van der Waals surface area contributed by atoms with Gasteiger partial charge in [-0.25, -0.2) is 0 Å². The van der Waals surface area contributed by atoms with Gasteiger partial charge in [-0.3, -0.25) is 4.79 Å². The molecule has 2 N–H and O–H groups in total. The van der Waals surface area contributed by atoms with Crippen molar-refractivity contribution in [3.63, 3.8) is 0 Å². The third kappa shape index (κ3) is 2.48. The highest BCUT2D eigenvalue weighted by Gasteiger charge is 2.14. The largest absolute Gasteiger partial charge is 0.394 e. The number of benzene rings is 1. The van der Waals surface area contributed by atoms with Crippen molar-refractivity contribution in [1.82, 2.24) is 4.57 Å². The van der Waals surface area contributed by atoms with Crippen molar-refractivity contribution in [2.45, 2.75) is 45.6 Å². The highest BCUT2D eigenvalue weighted by molar-refractivity contribution is 5.63. The number of aromatic nitrogens is 1. The van der Waals surface area contributed by atoms with Crippen LogP contribution in [0.15, 0.2) is 35.1 Å². The SMILES string of the molecule is CC(C)n1c(-c2ccc3c(c2)CCCC3)ccc(N)c1=O. The summed E-state index contributed by atoms with van der Waals surface area (Å²) in [5.74, 6) is 0. The molecule has 0 spiro atoms. The van der Waals surface area contributed by atoms with Crippen molar-refractivity contribution in [3.8, 4) is 11.3 Å². The Morgan fingerprint density at radius 2 is 1.76 bits per heavy atom. The fourth-order valence-electron chi connectivity index (χ4n) is 3.21. The number of aryl methyl sites for hydroxylation is 2. The molecule has 1 heterocycles. The zero-order chi connectivity index (χ0) is 15.0. The molecule has 0 bridgehead atoms. The molecule has 0 saturated carbocycles. The smallest absolute Gasteiger partial charge is 0.274 e. The molecule has 3 nitrogen and oxygen atoms in total. The van der Waals surface area contributed by atoms with E-state index in [1.165, 1.54) is 30.4 Å². The second-order valence-electron chi connectivity index (χ2n) is 6.13. The monoisotopic (exact) mass is 282 g/mol. The van der Waals surface area contributed by atoms with E-state index >= 15 is 0 Å². The van der Waals surface area contributed by atoms with E-state index in [0.29, 0.717) is 5.69 Å². The minimum absolute atomic E-state index is 0.0898. The van der Waals surface area contributed by atoms with Crippen LogP contribution >= 0.6 is 0 Å². The maximum Gasteiger partial charge on any atom is 0.274 e. The van der Waals surface area contributed by atoms with Crippen molar-refractivity contribution in [2.75, 3.05) is 5.73 Å². The lowest BCUT2D eigenvalue weighted by molar-refractivity contribution is 0.586. The molecule has 0 atom stereocenters. The standard InChI is InChI=1S/C18H22N2O/c1-12(2)20-17(10-9-16(19)18(20)21)15-8-7-13-5-3-4-6-14(13)11-15/h7-12H,3-6,19H2,1-2H3. The Morgan fingerprint density at radius 1 is 1.05 bits per heavy atom. The number of nitrogens with zero attached hydrogens (tertiary/aromatic N) is 1. The summed E-state index contributed by atoms with van der Waals surface area (Å²) in [7, 11) is 0. The van der Waals surface area contributed by atoms with Gasteiger partial charge in [0.1, 0.15) is 0 Å². The van der Waals surface area contributed by atoms with Crippen LogP contribution in [0.1, 0.15) is 43.9 Å². The van der Waals surface area contributed by atoms with E-state index in [-0.39, 0.29) is 11.6 Å². The number of anilines is 1. The van der Waals surface area contributed by atoms with Gasteiger partial charge >= 0.3 is 0 Å². The Kier molecular flexibility index (Phi) is 3.58. The van der Waals surface area contributed by atoms with Crippen molar-refractivity contribution in [2.24, 2.45) is 0 Å². The van der Waals surface area contributed by atoms with Gasteiger partial charge in [0.25, 0.3) is 5.56 Å². The molecule has 3 heteroatoms. The summed E-state index contributed by atoms with van der Waals surface area (Å²) >= 11 is 0. The van der Waals surface area contributed by atoms with Crippen molar-refractivity contribution < 1.29 is 0 Å². The zero-order valence-electron chi connectivity index (χ0n) is 12.7. The summed E-state index contributed by atoms with van der Waals surface area (Å²) in [5, 5.41) is 0. The number of rotatable bonds is 2. The molecule has 2 aromatic rings. The summed E-state index contributed by atoms with van der Waals surface area (Å²) in [5.41, 5.74) is 11.0. The van der Waals surface area contributed by atoms with Crippen LogP contribution in [0.5, 0.6) is 0 Å². The maximum atomic E-state index is 12.3. The van der Waals surface area contributed by atoms with Crippen molar-refractivity contribution in [3.05, 3.63) is 51.8 Å². The van der Waals surface area contributed by atoms with Crippen LogP contribution in [0.3, 0.4) is 0 Å². The summed E-state index contributed by atoms with van der Waals surface area (Å²) < 4.78 is 1.79. The quantitative estimate of drug-likeness (QED) is 0.915. The number of hydrogen-bond donors (Lipinski definition) is 1. The first-order valence-electron chi connectivity index (χ1n) is 7.71. The van der Waals surface area contributed by atoms with Crippen molar-refractivity contribution >= 4 is 5.69 Å². The minimum Gasteiger partial charge on any atom is -0.394 e. The van der Waals surface area contributed by atoms with E-state index in [0.717, 1.165) is 17.7 Å². The van der Waals surface area contributed by atoms with E-state index in [1.807, 2.05) is 19.9 Å². The average Bonchev–Trinajstić information content (AvgIpc) is 2.49. The van der Waals surface area contributed by atoms with Gasteiger partial charge in [-0.1, -0.05) is 12.1 Å². The Balaban J connectivity index is 2.17. The van der Waals surface area contributed by atoms with Crippen LogP contribution in [0.25, 0.3) is 11.3 Å². The Bertz CT molecular complexity index is 728. The lowest BCUT2D eigenvalue weighted by atomic mass is 9.90. The first kappa shape index (κ1) is 13.9. The molecule has 1 aliphatic rings. The molecule has 110 valence electrons. The van der Waals surface area contributed by atoms with Crippen molar-refractivity contribution in [1.29, 1.82) is 0 Å². The number of hydrogen-bond acceptors (Lipinski definition) is 2.